The summed E-state index contributed by atoms with van der Waals surface area (Å²) in [4.78, 5) is 12.4. The van der Waals surface area contributed by atoms with Gasteiger partial charge in [-0.2, -0.15) is 5.26 Å². The van der Waals surface area contributed by atoms with Gasteiger partial charge >= 0.3 is 5.97 Å². The highest BCUT2D eigenvalue weighted by molar-refractivity contribution is 5.84. The maximum atomic E-state index is 12.4. The summed E-state index contributed by atoms with van der Waals surface area (Å²) in [6.45, 7) is 2.25. The maximum absolute atomic E-state index is 12.4. The van der Waals surface area contributed by atoms with E-state index in [2.05, 4.69) is 13.0 Å². The molecule has 0 heterocycles. The van der Waals surface area contributed by atoms with Crippen molar-refractivity contribution < 1.29 is 9.53 Å². The van der Waals surface area contributed by atoms with Crippen molar-refractivity contribution >= 4 is 5.97 Å². The van der Waals surface area contributed by atoms with Crippen molar-refractivity contribution in [2.45, 2.75) is 96.5 Å². The first-order chi connectivity index (χ1) is 12.2. The number of carbonyl (C=O) groups is 1. The van der Waals surface area contributed by atoms with Gasteiger partial charge < -0.3 is 4.74 Å². The zero-order chi connectivity index (χ0) is 17.6. The molecule has 3 heteroatoms. The lowest BCUT2D eigenvalue weighted by Crippen LogP contribution is -2.31. The zero-order valence-electron chi connectivity index (χ0n) is 15.8. The predicted octanol–water partition coefficient (Wildman–Crippen LogP) is 5.59. The summed E-state index contributed by atoms with van der Waals surface area (Å²) in [5.41, 5.74) is 0. The van der Waals surface area contributed by atoms with E-state index in [4.69, 9.17) is 10.00 Å². The van der Waals surface area contributed by atoms with Crippen molar-refractivity contribution in [1.82, 2.24) is 0 Å². The molecule has 3 fully saturated rings. The van der Waals surface area contributed by atoms with Gasteiger partial charge in [0.25, 0.3) is 0 Å². The molecular formula is C22H34NO2. The van der Waals surface area contributed by atoms with Gasteiger partial charge in [0.2, 0.25) is 0 Å². The molecule has 3 aliphatic rings. The fraction of sp³-hybridized carbons (Fsp3) is 0.864. The second-order valence-corrected chi connectivity index (χ2v) is 8.64. The second kappa shape index (κ2) is 9.06. The summed E-state index contributed by atoms with van der Waals surface area (Å²) in [5.74, 6) is 3.76. The number of carbonyl (C=O) groups excluding carboxylic acids is 1. The Bertz CT molecular complexity index is 459. The highest BCUT2D eigenvalue weighted by Gasteiger charge is 2.34. The van der Waals surface area contributed by atoms with Gasteiger partial charge in [0.15, 0.2) is 0 Å². The standard InChI is InChI=1S/C22H34NO2/c1-2-16-3-9-20(10-4-16)22(24)25-21-13-11-19(12-14-21)18-7-5-17(15-23)6-8-18/h16-19,21H,2-14H2,1H3. The van der Waals surface area contributed by atoms with Gasteiger partial charge in [-0.15, -0.1) is 0 Å². The van der Waals surface area contributed by atoms with Crippen molar-refractivity contribution in [3.05, 3.63) is 5.92 Å². The Morgan fingerprint density at radius 2 is 1.52 bits per heavy atom. The van der Waals surface area contributed by atoms with Gasteiger partial charge in [0.05, 0.1) is 12.0 Å². The number of ether oxygens (including phenoxy) is 1. The molecule has 0 spiro atoms. The SMILES string of the molecule is CCC1CC[C](C(=O)OC2CCC(C3CCC(C#N)CC3)CC2)CC1. The van der Waals surface area contributed by atoms with Gasteiger partial charge in [-0.3, -0.25) is 4.79 Å². The minimum absolute atomic E-state index is 0.00697. The number of rotatable bonds is 4. The first-order valence-corrected chi connectivity index (χ1v) is 10.6. The minimum atomic E-state index is 0.00697. The number of hydrogen-bond donors (Lipinski definition) is 0. The molecule has 3 aliphatic carbocycles. The molecule has 0 unspecified atom stereocenters. The van der Waals surface area contributed by atoms with E-state index in [-0.39, 0.29) is 12.1 Å². The summed E-state index contributed by atoms with van der Waals surface area (Å²) < 4.78 is 5.85. The van der Waals surface area contributed by atoms with Crippen molar-refractivity contribution in [3.63, 3.8) is 0 Å². The molecule has 25 heavy (non-hydrogen) atoms. The number of nitriles is 1. The molecular weight excluding hydrogens is 310 g/mol. The highest BCUT2D eigenvalue weighted by Crippen LogP contribution is 2.41. The molecule has 3 saturated carbocycles. The lowest BCUT2D eigenvalue weighted by molar-refractivity contribution is -0.149. The lowest BCUT2D eigenvalue weighted by atomic mass is 9.71. The first-order valence-electron chi connectivity index (χ1n) is 10.6. The monoisotopic (exact) mass is 344 g/mol. The van der Waals surface area contributed by atoms with Crippen LogP contribution in [0.1, 0.15) is 90.4 Å². The Balaban J connectivity index is 1.37. The van der Waals surface area contributed by atoms with Crippen LogP contribution < -0.4 is 0 Å². The van der Waals surface area contributed by atoms with E-state index < -0.39 is 0 Å². The van der Waals surface area contributed by atoms with E-state index in [9.17, 15) is 4.79 Å². The molecule has 3 rings (SSSR count). The summed E-state index contributed by atoms with van der Waals surface area (Å²) in [6, 6.07) is 2.43. The van der Waals surface area contributed by atoms with Crippen LogP contribution in [-0.2, 0) is 9.53 Å². The molecule has 139 valence electrons. The number of esters is 1. The average molecular weight is 345 g/mol. The third kappa shape index (κ3) is 4.99. The molecule has 0 atom stereocenters. The molecule has 0 N–H and O–H groups in total. The Kier molecular flexibility index (Phi) is 6.79. The molecule has 3 nitrogen and oxygen atoms in total. The van der Waals surface area contributed by atoms with Crippen LogP contribution in [0, 0.1) is 40.9 Å². The van der Waals surface area contributed by atoms with Gasteiger partial charge in [-0.05, 0) is 94.8 Å². The quantitative estimate of drug-likeness (QED) is 0.624. The lowest BCUT2D eigenvalue weighted by Gasteiger charge is -2.37. The van der Waals surface area contributed by atoms with E-state index in [0.29, 0.717) is 5.92 Å². The zero-order valence-corrected chi connectivity index (χ0v) is 15.8. The molecule has 0 bridgehead atoms. The summed E-state index contributed by atoms with van der Waals surface area (Å²) in [7, 11) is 0. The second-order valence-electron chi connectivity index (χ2n) is 8.64. The third-order valence-corrected chi connectivity index (χ3v) is 7.19. The van der Waals surface area contributed by atoms with Crippen LogP contribution in [0.25, 0.3) is 0 Å². The van der Waals surface area contributed by atoms with Gasteiger partial charge in [-0.25, -0.2) is 0 Å². The average Bonchev–Trinajstić information content (AvgIpc) is 2.68. The van der Waals surface area contributed by atoms with Crippen LogP contribution in [0.4, 0.5) is 0 Å². The summed E-state index contributed by atoms with van der Waals surface area (Å²) in [6.07, 6.45) is 14.7. The van der Waals surface area contributed by atoms with Crippen molar-refractivity contribution in [2.75, 3.05) is 0 Å². The van der Waals surface area contributed by atoms with Crippen LogP contribution >= 0.6 is 0 Å². The normalized spacial score (nSPS) is 35.0. The first kappa shape index (κ1) is 18.7. The van der Waals surface area contributed by atoms with Crippen LogP contribution in [0.3, 0.4) is 0 Å². The van der Waals surface area contributed by atoms with E-state index in [1.54, 1.807) is 0 Å². The van der Waals surface area contributed by atoms with Crippen LogP contribution in [0.5, 0.6) is 0 Å². The Hall–Kier alpha value is -1.04. The number of nitrogens with zero attached hydrogens (tertiary/aromatic N) is 1. The van der Waals surface area contributed by atoms with E-state index >= 15 is 0 Å². The van der Waals surface area contributed by atoms with Crippen molar-refractivity contribution in [2.24, 2.45) is 23.7 Å². The Morgan fingerprint density at radius 3 is 2.04 bits per heavy atom. The molecule has 0 aromatic heterocycles. The van der Waals surface area contributed by atoms with Crippen molar-refractivity contribution in [1.29, 1.82) is 5.26 Å². The molecule has 1 radical (unpaired) electrons. The molecule has 0 aromatic rings. The van der Waals surface area contributed by atoms with E-state index in [1.807, 2.05) is 0 Å². The summed E-state index contributed by atoms with van der Waals surface area (Å²) >= 11 is 0. The largest absolute Gasteiger partial charge is 0.462 e. The Morgan fingerprint density at radius 1 is 0.960 bits per heavy atom. The van der Waals surface area contributed by atoms with Crippen LogP contribution in [0.2, 0.25) is 0 Å². The number of hydrogen-bond acceptors (Lipinski definition) is 3. The highest BCUT2D eigenvalue weighted by atomic mass is 16.5. The minimum Gasteiger partial charge on any atom is -0.462 e. The third-order valence-electron chi connectivity index (χ3n) is 7.19. The van der Waals surface area contributed by atoms with Gasteiger partial charge in [0.1, 0.15) is 6.10 Å². The van der Waals surface area contributed by atoms with Gasteiger partial charge in [0, 0.05) is 5.92 Å². The summed E-state index contributed by atoms with van der Waals surface area (Å²) in [5, 5.41) is 9.04. The molecule has 0 aliphatic heterocycles. The van der Waals surface area contributed by atoms with Crippen LogP contribution in [0.15, 0.2) is 0 Å². The van der Waals surface area contributed by atoms with Crippen molar-refractivity contribution in [3.8, 4) is 6.07 Å². The molecule has 0 amide bonds. The topological polar surface area (TPSA) is 50.1 Å². The maximum Gasteiger partial charge on any atom is 0.313 e. The fourth-order valence-electron chi connectivity index (χ4n) is 5.27. The molecule has 0 aromatic carbocycles. The van der Waals surface area contributed by atoms with Gasteiger partial charge in [-0.1, -0.05) is 13.3 Å². The Labute approximate surface area is 153 Å². The molecule has 0 saturated heterocycles. The van der Waals surface area contributed by atoms with E-state index in [1.165, 1.54) is 44.9 Å². The fourth-order valence-corrected chi connectivity index (χ4v) is 5.27. The smallest absolute Gasteiger partial charge is 0.313 e. The predicted molar refractivity (Wildman–Crippen MR) is 98.4 cm³/mol. The van der Waals surface area contributed by atoms with Crippen LogP contribution in [-0.4, -0.2) is 12.1 Å². The van der Waals surface area contributed by atoms with E-state index in [0.717, 1.165) is 62.2 Å².